The van der Waals surface area contributed by atoms with Crippen LogP contribution in [0.2, 0.25) is 0 Å². The molecule has 19 heavy (non-hydrogen) atoms. The van der Waals surface area contributed by atoms with Crippen molar-refractivity contribution in [2.75, 3.05) is 32.1 Å². The standard InChI is InChI=1S/C14H24N4S/c1-17(2)12-5-7-18(8-6-12)14-16-10-13(19-14)9-15-11-3-4-11/h10-12,15H,3-9H2,1-2H3. The van der Waals surface area contributed by atoms with E-state index in [-0.39, 0.29) is 0 Å². The molecule has 106 valence electrons. The monoisotopic (exact) mass is 280 g/mol. The fourth-order valence-electron chi connectivity index (χ4n) is 2.63. The first-order valence-corrected chi connectivity index (χ1v) is 8.13. The fourth-order valence-corrected chi connectivity index (χ4v) is 3.54. The molecule has 1 N–H and O–H groups in total. The molecule has 2 aliphatic rings. The van der Waals surface area contributed by atoms with Gasteiger partial charge in [-0.15, -0.1) is 11.3 Å². The van der Waals surface area contributed by atoms with Crippen LogP contribution in [0.25, 0.3) is 0 Å². The van der Waals surface area contributed by atoms with Gasteiger partial charge in [-0.1, -0.05) is 0 Å². The van der Waals surface area contributed by atoms with Crippen LogP contribution in [0.5, 0.6) is 0 Å². The van der Waals surface area contributed by atoms with Crippen LogP contribution in [0.1, 0.15) is 30.6 Å². The highest BCUT2D eigenvalue weighted by atomic mass is 32.1. The molecule has 1 aliphatic carbocycles. The number of anilines is 1. The maximum Gasteiger partial charge on any atom is 0.185 e. The van der Waals surface area contributed by atoms with Crippen LogP contribution in [0, 0.1) is 0 Å². The second kappa shape index (κ2) is 5.77. The zero-order chi connectivity index (χ0) is 13.2. The summed E-state index contributed by atoms with van der Waals surface area (Å²) in [6.45, 7) is 3.29. The Bertz CT molecular complexity index is 405. The number of piperidine rings is 1. The van der Waals surface area contributed by atoms with Crippen molar-refractivity contribution in [3.8, 4) is 0 Å². The predicted molar refractivity (Wildman–Crippen MR) is 80.9 cm³/mol. The Hall–Kier alpha value is -0.650. The summed E-state index contributed by atoms with van der Waals surface area (Å²) in [5.41, 5.74) is 0. The minimum Gasteiger partial charge on any atom is -0.348 e. The molecule has 1 aliphatic heterocycles. The molecular formula is C14H24N4S. The summed E-state index contributed by atoms with van der Waals surface area (Å²) in [7, 11) is 4.37. The van der Waals surface area contributed by atoms with Crippen molar-refractivity contribution in [2.45, 2.75) is 44.3 Å². The summed E-state index contributed by atoms with van der Waals surface area (Å²) in [4.78, 5) is 10.8. The molecule has 0 radical (unpaired) electrons. The average Bonchev–Trinajstić information content (AvgIpc) is 3.13. The minimum atomic E-state index is 0.743. The number of hydrogen-bond donors (Lipinski definition) is 1. The van der Waals surface area contributed by atoms with E-state index < -0.39 is 0 Å². The molecule has 2 heterocycles. The van der Waals surface area contributed by atoms with Crippen LogP contribution in [0.15, 0.2) is 6.20 Å². The van der Waals surface area contributed by atoms with Crippen molar-refractivity contribution >= 4 is 16.5 Å². The van der Waals surface area contributed by atoms with Gasteiger partial charge in [-0.2, -0.15) is 0 Å². The third-order valence-corrected chi connectivity index (χ3v) is 5.21. The zero-order valence-corrected chi connectivity index (χ0v) is 12.7. The third kappa shape index (κ3) is 3.46. The number of thiazole rings is 1. The molecule has 1 aromatic heterocycles. The molecular weight excluding hydrogens is 256 g/mol. The van der Waals surface area contributed by atoms with Gasteiger partial charge < -0.3 is 15.1 Å². The Morgan fingerprint density at radius 1 is 1.32 bits per heavy atom. The first kappa shape index (κ1) is 13.3. The van der Waals surface area contributed by atoms with E-state index in [9.17, 15) is 0 Å². The molecule has 1 saturated carbocycles. The third-order valence-electron chi connectivity index (χ3n) is 4.15. The first-order chi connectivity index (χ1) is 9.22. The first-order valence-electron chi connectivity index (χ1n) is 7.32. The summed E-state index contributed by atoms with van der Waals surface area (Å²) >= 11 is 1.86. The van der Waals surface area contributed by atoms with E-state index in [4.69, 9.17) is 0 Å². The molecule has 1 aromatic rings. The summed E-state index contributed by atoms with van der Waals surface area (Å²) in [6.07, 6.45) is 7.26. The quantitative estimate of drug-likeness (QED) is 0.893. The SMILES string of the molecule is CN(C)C1CCN(c2ncc(CNC3CC3)s2)CC1. The van der Waals surface area contributed by atoms with Crippen molar-refractivity contribution in [1.29, 1.82) is 0 Å². The number of rotatable bonds is 5. The van der Waals surface area contributed by atoms with Crippen molar-refractivity contribution in [1.82, 2.24) is 15.2 Å². The van der Waals surface area contributed by atoms with E-state index >= 15 is 0 Å². The molecule has 0 spiro atoms. The summed E-state index contributed by atoms with van der Waals surface area (Å²) in [5, 5.41) is 4.77. The average molecular weight is 280 g/mol. The number of hydrogen-bond acceptors (Lipinski definition) is 5. The van der Waals surface area contributed by atoms with E-state index in [0.29, 0.717) is 0 Å². The predicted octanol–water partition coefficient (Wildman–Crippen LogP) is 1.93. The highest BCUT2D eigenvalue weighted by Crippen LogP contribution is 2.27. The lowest BCUT2D eigenvalue weighted by Gasteiger charge is -2.35. The van der Waals surface area contributed by atoms with Gasteiger partial charge in [0.2, 0.25) is 0 Å². The van der Waals surface area contributed by atoms with Crippen LogP contribution >= 0.6 is 11.3 Å². The summed E-state index contributed by atoms with van der Waals surface area (Å²) in [5.74, 6) is 0. The van der Waals surface area contributed by atoms with E-state index in [1.807, 2.05) is 17.5 Å². The zero-order valence-electron chi connectivity index (χ0n) is 11.9. The topological polar surface area (TPSA) is 31.4 Å². The Labute approximate surface area is 119 Å². The number of nitrogens with one attached hydrogen (secondary N) is 1. The Morgan fingerprint density at radius 2 is 2.05 bits per heavy atom. The second-order valence-electron chi connectivity index (χ2n) is 5.95. The normalized spacial score (nSPS) is 21.3. The van der Waals surface area contributed by atoms with Gasteiger partial charge in [-0.05, 0) is 39.8 Å². The maximum absolute atomic E-state index is 4.60. The van der Waals surface area contributed by atoms with Gasteiger partial charge in [0.05, 0.1) is 0 Å². The molecule has 0 amide bonds. The van der Waals surface area contributed by atoms with Crippen LogP contribution in [0.4, 0.5) is 5.13 Å². The molecule has 1 saturated heterocycles. The summed E-state index contributed by atoms with van der Waals surface area (Å²) < 4.78 is 0. The van der Waals surface area contributed by atoms with Crippen LogP contribution in [0.3, 0.4) is 0 Å². The second-order valence-corrected chi connectivity index (χ2v) is 7.04. The van der Waals surface area contributed by atoms with E-state index in [1.54, 1.807) is 0 Å². The van der Waals surface area contributed by atoms with Crippen molar-refractivity contribution in [3.63, 3.8) is 0 Å². The molecule has 5 heteroatoms. The lowest BCUT2D eigenvalue weighted by molar-refractivity contribution is 0.249. The van der Waals surface area contributed by atoms with Gasteiger partial charge >= 0.3 is 0 Å². The van der Waals surface area contributed by atoms with Gasteiger partial charge in [0.25, 0.3) is 0 Å². The van der Waals surface area contributed by atoms with E-state index in [1.165, 1.54) is 35.7 Å². The number of nitrogens with zero attached hydrogens (tertiary/aromatic N) is 3. The molecule has 2 fully saturated rings. The molecule has 0 aromatic carbocycles. The van der Waals surface area contributed by atoms with Crippen LogP contribution in [-0.4, -0.2) is 49.2 Å². The minimum absolute atomic E-state index is 0.743. The van der Waals surface area contributed by atoms with Crippen molar-refractivity contribution in [3.05, 3.63) is 11.1 Å². The van der Waals surface area contributed by atoms with E-state index in [2.05, 4.69) is 34.2 Å². The molecule has 4 nitrogen and oxygen atoms in total. The molecule has 3 rings (SSSR count). The maximum atomic E-state index is 4.60. The largest absolute Gasteiger partial charge is 0.348 e. The molecule has 0 unspecified atom stereocenters. The number of aromatic nitrogens is 1. The van der Waals surface area contributed by atoms with Crippen LogP contribution in [-0.2, 0) is 6.54 Å². The molecule has 0 bridgehead atoms. The van der Waals surface area contributed by atoms with Gasteiger partial charge in [-0.3, -0.25) is 0 Å². The molecule has 0 atom stereocenters. The lowest BCUT2D eigenvalue weighted by Crippen LogP contribution is -2.41. The van der Waals surface area contributed by atoms with Crippen molar-refractivity contribution in [2.24, 2.45) is 0 Å². The Balaban J connectivity index is 1.51. The highest BCUT2D eigenvalue weighted by Gasteiger charge is 2.23. The smallest absolute Gasteiger partial charge is 0.185 e. The Morgan fingerprint density at radius 3 is 2.68 bits per heavy atom. The van der Waals surface area contributed by atoms with Gasteiger partial charge in [0.15, 0.2) is 5.13 Å². The summed E-state index contributed by atoms with van der Waals surface area (Å²) in [6, 6.07) is 1.52. The van der Waals surface area contributed by atoms with Gasteiger partial charge in [0, 0.05) is 42.8 Å². The van der Waals surface area contributed by atoms with Crippen LogP contribution < -0.4 is 10.2 Å². The highest BCUT2D eigenvalue weighted by molar-refractivity contribution is 7.15. The van der Waals surface area contributed by atoms with E-state index in [0.717, 1.165) is 31.7 Å². The Kier molecular flexibility index (Phi) is 4.05. The van der Waals surface area contributed by atoms with Gasteiger partial charge in [0.1, 0.15) is 0 Å². The lowest BCUT2D eigenvalue weighted by atomic mass is 10.0. The van der Waals surface area contributed by atoms with Gasteiger partial charge in [-0.25, -0.2) is 4.98 Å². The van der Waals surface area contributed by atoms with Crippen molar-refractivity contribution < 1.29 is 0 Å². The fraction of sp³-hybridized carbons (Fsp3) is 0.786.